The lowest BCUT2D eigenvalue weighted by atomic mass is 10.1. The minimum atomic E-state index is -5.08. The van der Waals surface area contributed by atoms with Crippen molar-refractivity contribution < 1.29 is 23.1 Å². The number of nitrogens with one attached hydrogen (secondary N) is 1. The second-order valence-electron chi connectivity index (χ2n) is 6.08. The van der Waals surface area contributed by atoms with Crippen molar-refractivity contribution in [2.75, 3.05) is 0 Å². The first-order valence-electron chi connectivity index (χ1n) is 8.53. The molecule has 0 radical (unpaired) electrons. The number of aromatic nitrogens is 4. The molecule has 0 saturated heterocycles. The zero-order valence-corrected chi connectivity index (χ0v) is 15.3. The van der Waals surface area contributed by atoms with Gasteiger partial charge in [0.05, 0.1) is 24.4 Å². The van der Waals surface area contributed by atoms with Crippen molar-refractivity contribution in [1.82, 2.24) is 19.7 Å². The average molecular weight is 413 g/mol. The van der Waals surface area contributed by atoms with E-state index in [-0.39, 0.29) is 0 Å². The van der Waals surface area contributed by atoms with Gasteiger partial charge in [0.15, 0.2) is 0 Å². The molecule has 0 atom stereocenters. The number of carbonyl (C=O) groups is 1. The van der Waals surface area contributed by atoms with E-state index in [1.54, 1.807) is 6.20 Å². The SMILES string of the molecule is N#CCc1ccc(-n2cc(-c3ccnc4[nH]ccc34)cn2)cc1.O=C(O)C(F)(F)F. The van der Waals surface area contributed by atoms with E-state index in [0.717, 1.165) is 33.4 Å². The molecule has 2 N–H and O–H groups in total. The van der Waals surface area contributed by atoms with Crippen LogP contribution in [0.2, 0.25) is 0 Å². The van der Waals surface area contributed by atoms with E-state index in [2.05, 4.69) is 21.1 Å². The molecular formula is C20H14F3N5O2. The fraction of sp³-hybridized carbons (Fsp3) is 0.100. The van der Waals surface area contributed by atoms with Crippen molar-refractivity contribution in [3.63, 3.8) is 0 Å². The Bertz CT molecular complexity index is 1200. The van der Waals surface area contributed by atoms with Crippen molar-refractivity contribution in [2.45, 2.75) is 12.6 Å². The van der Waals surface area contributed by atoms with E-state index in [9.17, 15) is 13.2 Å². The number of nitrogens with zero attached hydrogens (tertiary/aromatic N) is 4. The van der Waals surface area contributed by atoms with Crippen molar-refractivity contribution in [3.8, 4) is 22.9 Å². The van der Waals surface area contributed by atoms with Gasteiger partial charge in [-0.1, -0.05) is 12.1 Å². The Hall–Kier alpha value is -4.13. The monoisotopic (exact) mass is 413 g/mol. The lowest BCUT2D eigenvalue weighted by Gasteiger charge is -2.02. The van der Waals surface area contributed by atoms with Crippen LogP contribution >= 0.6 is 0 Å². The maximum absolute atomic E-state index is 10.6. The molecule has 7 nitrogen and oxygen atoms in total. The van der Waals surface area contributed by atoms with Gasteiger partial charge >= 0.3 is 12.1 Å². The first kappa shape index (κ1) is 20.6. The normalized spacial score (nSPS) is 10.9. The Morgan fingerprint density at radius 1 is 1.20 bits per heavy atom. The molecule has 0 aliphatic rings. The number of alkyl halides is 3. The van der Waals surface area contributed by atoms with E-state index in [0.29, 0.717) is 6.42 Å². The largest absolute Gasteiger partial charge is 0.490 e. The molecule has 30 heavy (non-hydrogen) atoms. The van der Waals surface area contributed by atoms with Crippen molar-refractivity contribution >= 4 is 17.0 Å². The fourth-order valence-electron chi connectivity index (χ4n) is 2.67. The highest BCUT2D eigenvalue weighted by atomic mass is 19.4. The number of aromatic amines is 1. The second-order valence-corrected chi connectivity index (χ2v) is 6.08. The molecule has 152 valence electrons. The van der Waals surface area contributed by atoms with E-state index in [1.807, 2.05) is 59.7 Å². The molecular weight excluding hydrogens is 399 g/mol. The highest BCUT2D eigenvalue weighted by Gasteiger charge is 2.38. The molecule has 0 aliphatic heterocycles. The predicted octanol–water partition coefficient (Wildman–Crippen LogP) is 4.11. The lowest BCUT2D eigenvalue weighted by molar-refractivity contribution is -0.192. The molecule has 0 saturated carbocycles. The zero-order chi connectivity index (χ0) is 21.7. The summed E-state index contributed by atoms with van der Waals surface area (Å²) < 4.78 is 33.6. The smallest absolute Gasteiger partial charge is 0.475 e. The van der Waals surface area contributed by atoms with E-state index in [1.165, 1.54) is 0 Å². The minimum Gasteiger partial charge on any atom is -0.475 e. The summed E-state index contributed by atoms with van der Waals surface area (Å²) in [5, 5.41) is 21.4. The predicted molar refractivity (Wildman–Crippen MR) is 102 cm³/mol. The fourth-order valence-corrected chi connectivity index (χ4v) is 2.67. The van der Waals surface area contributed by atoms with Crippen LogP contribution in [0.5, 0.6) is 0 Å². The van der Waals surface area contributed by atoms with Gasteiger partial charge in [0.2, 0.25) is 0 Å². The Kier molecular flexibility index (Phi) is 5.83. The van der Waals surface area contributed by atoms with Gasteiger partial charge in [-0.15, -0.1) is 0 Å². The molecule has 0 aliphatic carbocycles. The molecule has 1 aromatic carbocycles. The van der Waals surface area contributed by atoms with E-state index in [4.69, 9.17) is 15.2 Å². The summed E-state index contributed by atoms with van der Waals surface area (Å²) in [7, 11) is 0. The maximum atomic E-state index is 10.6. The number of nitriles is 1. The topological polar surface area (TPSA) is 108 Å². The number of rotatable bonds is 3. The summed E-state index contributed by atoms with van der Waals surface area (Å²) in [6.07, 6.45) is 2.88. The number of benzene rings is 1. The number of hydrogen-bond donors (Lipinski definition) is 2. The first-order chi connectivity index (χ1) is 14.3. The van der Waals surface area contributed by atoms with Gasteiger partial charge in [-0.2, -0.15) is 23.5 Å². The number of halogens is 3. The zero-order valence-electron chi connectivity index (χ0n) is 15.3. The Balaban J connectivity index is 0.000000318. The highest BCUT2D eigenvalue weighted by Crippen LogP contribution is 2.27. The summed E-state index contributed by atoms with van der Waals surface area (Å²) in [4.78, 5) is 16.3. The first-order valence-corrected chi connectivity index (χ1v) is 8.53. The molecule has 10 heteroatoms. The molecule has 0 spiro atoms. The Morgan fingerprint density at radius 2 is 1.90 bits per heavy atom. The van der Waals surface area contributed by atoms with Gasteiger partial charge in [0, 0.05) is 29.5 Å². The third kappa shape index (κ3) is 4.64. The van der Waals surface area contributed by atoms with Crippen LogP contribution in [0.25, 0.3) is 27.8 Å². The molecule has 4 rings (SSSR count). The molecule has 3 heterocycles. The minimum absolute atomic E-state index is 0.424. The Labute approximate surface area is 168 Å². The molecule has 0 bridgehead atoms. The number of carboxylic acids is 1. The summed E-state index contributed by atoms with van der Waals surface area (Å²) in [5.74, 6) is -2.76. The molecule has 0 unspecified atom stereocenters. The molecule has 3 aromatic heterocycles. The third-order valence-electron chi connectivity index (χ3n) is 4.08. The average Bonchev–Trinajstić information content (AvgIpc) is 3.38. The standard InChI is InChI=1S/C18H13N5.C2HF3O2/c19-8-5-13-1-3-15(4-2-13)23-12-14(11-22-23)16-6-9-20-18-17(16)7-10-21-18;3-2(4,5)1(6)7/h1-4,6-7,9-12H,5H2,(H,20,21);(H,6,7). The van der Waals surface area contributed by atoms with Crippen LogP contribution < -0.4 is 0 Å². The Morgan fingerprint density at radius 3 is 2.53 bits per heavy atom. The van der Waals surface area contributed by atoms with Crippen LogP contribution in [-0.2, 0) is 11.2 Å². The summed E-state index contributed by atoms with van der Waals surface area (Å²) in [5.41, 5.74) is 4.99. The van der Waals surface area contributed by atoms with Crippen molar-refractivity contribution in [3.05, 3.63) is 66.7 Å². The van der Waals surface area contributed by atoms with Gasteiger partial charge in [-0.25, -0.2) is 14.5 Å². The summed E-state index contributed by atoms with van der Waals surface area (Å²) in [6.45, 7) is 0. The van der Waals surface area contributed by atoms with E-state index < -0.39 is 12.1 Å². The van der Waals surface area contributed by atoms with Crippen LogP contribution in [0.3, 0.4) is 0 Å². The van der Waals surface area contributed by atoms with Crippen LogP contribution in [0.15, 0.2) is 61.2 Å². The molecule has 0 amide bonds. The van der Waals surface area contributed by atoms with E-state index >= 15 is 0 Å². The third-order valence-corrected chi connectivity index (χ3v) is 4.08. The van der Waals surface area contributed by atoms with Gasteiger partial charge in [-0.05, 0) is 35.4 Å². The number of aliphatic carboxylic acids is 1. The maximum Gasteiger partial charge on any atom is 0.490 e. The number of fused-ring (bicyclic) bond motifs is 1. The lowest BCUT2D eigenvalue weighted by Crippen LogP contribution is -2.21. The number of pyridine rings is 1. The summed E-state index contributed by atoms with van der Waals surface area (Å²) in [6, 6.07) is 14.0. The van der Waals surface area contributed by atoms with Crippen molar-refractivity contribution in [2.24, 2.45) is 0 Å². The van der Waals surface area contributed by atoms with Crippen LogP contribution in [-0.4, -0.2) is 37.0 Å². The second kappa shape index (κ2) is 8.48. The van der Waals surface area contributed by atoms with Gasteiger partial charge in [0.1, 0.15) is 5.65 Å². The highest BCUT2D eigenvalue weighted by molar-refractivity contribution is 5.92. The van der Waals surface area contributed by atoms with Gasteiger partial charge < -0.3 is 10.1 Å². The quantitative estimate of drug-likeness (QED) is 0.525. The van der Waals surface area contributed by atoms with Crippen LogP contribution in [0, 0.1) is 11.3 Å². The number of H-pyrrole nitrogens is 1. The van der Waals surface area contributed by atoms with Crippen molar-refractivity contribution in [1.29, 1.82) is 5.26 Å². The van der Waals surface area contributed by atoms with Crippen LogP contribution in [0.4, 0.5) is 13.2 Å². The van der Waals surface area contributed by atoms with Gasteiger partial charge in [-0.3, -0.25) is 0 Å². The number of carboxylic acid groups (broad SMARTS) is 1. The van der Waals surface area contributed by atoms with Gasteiger partial charge in [0.25, 0.3) is 0 Å². The molecule has 4 aromatic rings. The summed E-state index contributed by atoms with van der Waals surface area (Å²) >= 11 is 0. The number of hydrogen-bond acceptors (Lipinski definition) is 4. The molecule has 0 fully saturated rings. The van der Waals surface area contributed by atoms with Crippen LogP contribution in [0.1, 0.15) is 5.56 Å².